The van der Waals surface area contributed by atoms with Gasteiger partial charge < -0.3 is 14.6 Å². The molecule has 1 heterocycles. The van der Waals surface area contributed by atoms with Gasteiger partial charge in [0.1, 0.15) is 0 Å². The second-order valence-corrected chi connectivity index (χ2v) is 5.51. The number of aliphatic hydroxyl groups is 1. The van der Waals surface area contributed by atoms with Crippen LogP contribution < -0.4 is 0 Å². The van der Waals surface area contributed by atoms with Crippen molar-refractivity contribution in [3.63, 3.8) is 0 Å². The lowest BCUT2D eigenvalue weighted by atomic mass is 9.65. The fraction of sp³-hybridized carbons (Fsp3) is 1.00. The lowest BCUT2D eigenvalue weighted by molar-refractivity contribution is -0.498. The minimum Gasteiger partial charge on any atom is -0.393 e. The molecule has 2 fully saturated rings. The van der Waals surface area contributed by atoms with E-state index in [1.165, 1.54) is 0 Å². The number of aliphatic hydroxyl groups excluding tert-OH is 1. The van der Waals surface area contributed by atoms with E-state index in [2.05, 4.69) is 0 Å². The topological polar surface area (TPSA) is 81.8 Å². The van der Waals surface area contributed by atoms with Crippen LogP contribution in [0.2, 0.25) is 0 Å². The molecule has 2 rings (SSSR count). The van der Waals surface area contributed by atoms with Crippen LogP contribution >= 0.6 is 0 Å². The molecule has 6 nitrogen and oxygen atoms in total. The minimum atomic E-state index is -0.636. The van der Waals surface area contributed by atoms with E-state index in [1.54, 1.807) is 0 Å². The summed E-state index contributed by atoms with van der Waals surface area (Å²) >= 11 is 0. The zero-order chi connectivity index (χ0) is 13.2. The highest BCUT2D eigenvalue weighted by Crippen LogP contribution is 2.46. The molecule has 0 amide bonds. The average molecular weight is 259 g/mol. The molecular formula is C12H21NO5. The van der Waals surface area contributed by atoms with Crippen molar-refractivity contribution in [2.75, 3.05) is 19.8 Å². The third-order valence-electron chi connectivity index (χ3n) is 4.24. The summed E-state index contributed by atoms with van der Waals surface area (Å²) in [5.41, 5.74) is -0.467. The summed E-state index contributed by atoms with van der Waals surface area (Å²) in [4.78, 5) is 10.4. The molecule has 2 aliphatic rings. The van der Waals surface area contributed by atoms with Gasteiger partial charge in [0.25, 0.3) is 0 Å². The minimum absolute atomic E-state index is 0.221. The molecule has 0 aromatic carbocycles. The third-order valence-corrected chi connectivity index (χ3v) is 4.24. The molecule has 0 aromatic heterocycles. The smallest absolute Gasteiger partial charge is 0.209 e. The molecule has 3 atom stereocenters. The van der Waals surface area contributed by atoms with E-state index in [0.29, 0.717) is 19.6 Å². The van der Waals surface area contributed by atoms with Crippen LogP contribution in [0.25, 0.3) is 0 Å². The Morgan fingerprint density at radius 1 is 1.39 bits per heavy atom. The average Bonchev–Trinajstić information content (AvgIpc) is 2.35. The maximum absolute atomic E-state index is 10.8. The molecule has 1 saturated heterocycles. The Morgan fingerprint density at radius 3 is 2.67 bits per heavy atom. The van der Waals surface area contributed by atoms with Crippen molar-refractivity contribution >= 4 is 0 Å². The maximum Gasteiger partial charge on any atom is 0.209 e. The van der Waals surface area contributed by atoms with Gasteiger partial charge in [0.05, 0.1) is 25.2 Å². The van der Waals surface area contributed by atoms with Crippen molar-refractivity contribution in [2.45, 2.75) is 45.0 Å². The summed E-state index contributed by atoms with van der Waals surface area (Å²) in [6, 6.07) is 0. The predicted molar refractivity (Wildman–Crippen MR) is 63.6 cm³/mol. The van der Waals surface area contributed by atoms with Crippen molar-refractivity contribution in [3.05, 3.63) is 10.1 Å². The van der Waals surface area contributed by atoms with Gasteiger partial charge in [-0.05, 0) is 19.3 Å². The van der Waals surface area contributed by atoms with Crippen molar-refractivity contribution in [2.24, 2.45) is 11.3 Å². The lowest BCUT2D eigenvalue weighted by Gasteiger charge is -2.47. The van der Waals surface area contributed by atoms with Gasteiger partial charge in [-0.3, -0.25) is 10.1 Å². The van der Waals surface area contributed by atoms with E-state index in [-0.39, 0.29) is 11.5 Å². The molecule has 6 heteroatoms. The second-order valence-electron chi connectivity index (χ2n) is 5.51. The van der Waals surface area contributed by atoms with Crippen molar-refractivity contribution in [1.82, 2.24) is 0 Å². The fourth-order valence-corrected chi connectivity index (χ4v) is 3.17. The van der Waals surface area contributed by atoms with Gasteiger partial charge >= 0.3 is 0 Å². The Morgan fingerprint density at radius 2 is 2.06 bits per heavy atom. The third kappa shape index (κ3) is 2.65. The molecule has 0 bridgehead atoms. The zero-order valence-corrected chi connectivity index (χ0v) is 10.7. The van der Waals surface area contributed by atoms with Crippen LogP contribution in [-0.4, -0.2) is 42.2 Å². The highest BCUT2D eigenvalue weighted by atomic mass is 16.7. The summed E-state index contributed by atoms with van der Waals surface area (Å²) < 4.78 is 11.2. The highest BCUT2D eigenvalue weighted by molar-refractivity contribution is 4.93. The van der Waals surface area contributed by atoms with Gasteiger partial charge in [0.2, 0.25) is 6.54 Å². The SMILES string of the molecule is C[C@]1(C2OCCCO2)CCC[C@H](O)[C@H]1C[N+](=O)[O-]. The van der Waals surface area contributed by atoms with E-state index < -0.39 is 23.7 Å². The summed E-state index contributed by atoms with van der Waals surface area (Å²) in [5.74, 6) is -0.399. The molecule has 0 unspecified atom stereocenters. The van der Waals surface area contributed by atoms with Crippen molar-refractivity contribution in [1.29, 1.82) is 0 Å². The number of hydrogen-bond acceptors (Lipinski definition) is 5. The molecular weight excluding hydrogens is 238 g/mol. The van der Waals surface area contributed by atoms with E-state index in [1.807, 2.05) is 6.92 Å². The number of ether oxygens (including phenoxy) is 2. The first-order valence-corrected chi connectivity index (χ1v) is 6.57. The number of rotatable bonds is 3. The van der Waals surface area contributed by atoms with Crippen LogP contribution in [0.4, 0.5) is 0 Å². The summed E-state index contributed by atoms with van der Waals surface area (Å²) in [5, 5.41) is 20.9. The fourth-order valence-electron chi connectivity index (χ4n) is 3.17. The van der Waals surface area contributed by atoms with Gasteiger partial charge in [0, 0.05) is 10.3 Å². The van der Waals surface area contributed by atoms with Gasteiger partial charge in [-0.15, -0.1) is 0 Å². The summed E-state index contributed by atoms with van der Waals surface area (Å²) in [6.45, 7) is 2.98. The number of nitro groups is 1. The molecule has 1 aliphatic carbocycles. The second kappa shape index (κ2) is 5.50. The molecule has 1 saturated carbocycles. The Labute approximate surface area is 106 Å². The monoisotopic (exact) mass is 259 g/mol. The Hall–Kier alpha value is -0.720. The number of nitrogens with zero attached hydrogens (tertiary/aromatic N) is 1. The van der Waals surface area contributed by atoms with E-state index in [9.17, 15) is 15.2 Å². The van der Waals surface area contributed by atoms with Crippen molar-refractivity contribution in [3.8, 4) is 0 Å². The first kappa shape index (κ1) is 13.7. The summed E-state index contributed by atoms with van der Waals surface area (Å²) in [6.07, 6.45) is 2.08. The first-order chi connectivity index (χ1) is 8.54. The zero-order valence-electron chi connectivity index (χ0n) is 10.7. The molecule has 0 radical (unpaired) electrons. The van der Waals surface area contributed by atoms with Crippen LogP contribution in [0.15, 0.2) is 0 Å². The largest absolute Gasteiger partial charge is 0.393 e. The highest BCUT2D eigenvalue weighted by Gasteiger charge is 2.51. The van der Waals surface area contributed by atoms with E-state index in [0.717, 1.165) is 19.3 Å². The van der Waals surface area contributed by atoms with Crippen LogP contribution in [-0.2, 0) is 9.47 Å². The van der Waals surface area contributed by atoms with Crippen LogP contribution in [0.3, 0.4) is 0 Å². The van der Waals surface area contributed by atoms with E-state index >= 15 is 0 Å². The van der Waals surface area contributed by atoms with Gasteiger partial charge in [0.15, 0.2) is 6.29 Å². The molecule has 0 aromatic rings. The quantitative estimate of drug-likeness (QED) is 0.608. The standard InChI is InChI=1S/C12H21NO5/c1-12(11-17-6-3-7-18-11)5-2-4-10(14)9(12)8-13(15)16/h9-11,14H,2-8H2,1H3/t9-,10+,12+/m1/s1. The van der Waals surface area contributed by atoms with Gasteiger partial charge in [-0.1, -0.05) is 13.3 Å². The van der Waals surface area contributed by atoms with Crippen LogP contribution in [0, 0.1) is 21.4 Å². The van der Waals surface area contributed by atoms with Crippen molar-refractivity contribution < 1.29 is 19.5 Å². The van der Waals surface area contributed by atoms with Crippen LogP contribution in [0.1, 0.15) is 32.6 Å². The number of hydrogen-bond donors (Lipinski definition) is 1. The lowest BCUT2D eigenvalue weighted by Crippen LogP contribution is -2.53. The molecule has 18 heavy (non-hydrogen) atoms. The molecule has 1 N–H and O–H groups in total. The molecule has 104 valence electrons. The Balaban J connectivity index is 2.16. The van der Waals surface area contributed by atoms with Gasteiger partial charge in [-0.2, -0.15) is 0 Å². The van der Waals surface area contributed by atoms with E-state index in [4.69, 9.17) is 9.47 Å². The predicted octanol–water partition coefficient (Wildman–Crippen LogP) is 1.19. The normalized spacial score (nSPS) is 38.6. The Kier molecular flexibility index (Phi) is 4.19. The molecule has 0 spiro atoms. The Bertz CT molecular complexity index is 305. The maximum atomic E-state index is 10.8. The van der Waals surface area contributed by atoms with Crippen LogP contribution in [0.5, 0.6) is 0 Å². The van der Waals surface area contributed by atoms with Gasteiger partial charge in [-0.25, -0.2) is 0 Å². The summed E-state index contributed by atoms with van der Waals surface area (Å²) in [7, 11) is 0. The molecule has 1 aliphatic heterocycles. The first-order valence-electron chi connectivity index (χ1n) is 6.57.